The summed E-state index contributed by atoms with van der Waals surface area (Å²) in [6, 6.07) is 7.75. The molecule has 1 aromatic rings. The third-order valence-electron chi connectivity index (χ3n) is 4.72. The van der Waals surface area contributed by atoms with Crippen molar-refractivity contribution < 1.29 is 14.6 Å². The molecule has 1 aliphatic carbocycles. The zero-order chi connectivity index (χ0) is 15.5. The van der Waals surface area contributed by atoms with Crippen molar-refractivity contribution in [1.29, 1.82) is 0 Å². The summed E-state index contributed by atoms with van der Waals surface area (Å²) in [6.07, 6.45) is 3.49. The Hall–Kier alpha value is -1.71. The van der Waals surface area contributed by atoms with Gasteiger partial charge in [-0.1, -0.05) is 19.1 Å². The van der Waals surface area contributed by atoms with Gasteiger partial charge in [-0.25, -0.2) is 0 Å². The smallest absolute Gasteiger partial charge is 0.311 e. The molecule has 21 heavy (non-hydrogen) atoms. The number of para-hydroxylation sites is 2. The number of nitrogens with zero attached hydrogens (tertiary/aromatic N) is 1. The van der Waals surface area contributed by atoms with Crippen molar-refractivity contribution in [1.82, 2.24) is 0 Å². The number of benzene rings is 1. The van der Waals surface area contributed by atoms with Crippen molar-refractivity contribution in [2.24, 2.45) is 11.3 Å². The van der Waals surface area contributed by atoms with Gasteiger partial charge in [0.2, 0.25) is 0 Å². The zero-order valence-corrected chi connectivity index (χ0v) is 13.1. The normalized spacial score (nSPS) is 25.4. The molecule has 0 aromatic heterocycles. The van der Waals surface area contributed by atoms with Gasteiger partial charge in [0, 0.05) is 13.6 Å². The van der Waals surface area contributed by atoms with Gasteiger partial charge in [0.25, 0.3) is 0 Å². The summed E-state index contributed by atoms with van der Waals surface area (Å²) in [5.41, 5.74) is 0.307. The lowest BCUT2D eigenvalue weighted by atomic mass is 9.70. The number of carboxylic acid groups (broad SMARTS) is 1. The predicted molar refractivity (Wildman–Crippen MR) is 84.0 cm³/mol. The maximum atomic E-state index is 11.8. The zero-order valence-electron chi connectivity index (χ0n) is 13.1. The first-order valence-electron chi connectivity index (χ1n) is 7.56. The summed E-state index contributed by atoms with van der Waals surface area (Å²) in [4.78, 5) is 13.9. The molecule has 0 saturated heterocycles. The van der Waals surface area contributed by atoms with Crippen LogP contribution in [0.15, 0.2) is 24.3 Å². The number of carboxylic acids is 1. The average molecular weight is 291 g/mol. The van der Waals surface area contributed by atoms with E-state index in [-0.39, 0.29) is 0 Å². The van der Waals surface area contributed by atoms with E-state index in [9.17, 15) is 9.90 Å². The number of rotatable bonds is 5. The second kappa shape index (κ2) is 6.37. The molecule has 0 spiro atoms. The molecular formula is C17H25NO3. The Morgan fingerprint density at radius 1 is 1.38 bits per heavy atom. The van der Waals surface area contributed by atoms with Crippen LogP contribution in [0.5, 0.6) is 5.75 Å². The summed E-state index contributed by atoms with van der Waals surface area (Å²) < 4.78 is 5.38. The number of methoxy groups -OCH3 is 1. The highest BCUT2D eigenvalue weighted by molar-refractivity contribution is 5.76. The minimum Gasteiger partial charge on any atom is -0.495 e. The molecule has 1 aromatic carbocycles. The quantitative estimate of drug-likeness (QED) is 0.903. The second-order valence-electron chi connectivity index (χ2n) is 6.30. The standard InChI is InChI=1S/C17H25NO3/c1-13-8-10-17(11-9-13,16(19)20)12-18(2)14-6-4-5-7-15(14)21-3/h4-7,13H,8-12H2,1-3H3,(H,19,20). The van der Waals surface area contributed by atoms with E-state index in [0.29, 0.717) is 12.5 Å². The highest BCUT2D eigenvalue weighted by atomic mass is 16.5. The predicted octanol–water partition coefficient (Wildman–Crippen LogP) is 3.41. The van der Waals surface area contributed by atoms with E-state index in [1.165, 1.54) is 0 Å². The van der Waals surface area contributed by atoms with Gasteiger partial charge >= 0.3 is 5.97 Å². The molecule has 0 heterocycles. The van der Waals surface area contributed by atoms with Crippen LogP contribution in [-0.4, -0.2) is 31.8 Å². The Labute approximate surface area is 126 Å². The Kier molecular flexibility index (Phi) is 4.76. The molecule has 0 atom stereocenters. The van der Waals surface area contributed by atoms with Crippen molar-refractivity contribution in [3.8, 4) is 5.75 Å². The van der Waals surface area contributed by atoms with Crippen LogP contribution in [-0.2, 0) is 4.79 Å². The van der Waals surface area contributed by atoms with E-state index in [2.05, 4.69) is 6.92 Å². The Morgan fingerprint density at radius 2 is 2.00 bits per heavy atom. The first kappa shape index (κ1) is 15.7. The van der Waals surface area contributed by atoms with E-state index in [0.717, 1.165) is 37.1 Å². The van der Waals surface area contributed by atoms with Crippen LogP contribution in [0, 0.1) is 11.3 Å². The monoisotopic (exact) mass is 291 g/mol. The third-order valence-corrected chi connectivity index (χ3v) is 4.72. The highest BCUT2D eigenvalue weighted by Gasteiger charge is 2.42. The van der Waals surface area contributed by atoms with Crippen LogP contribution in [0.2, 0.25) is 0 Å². The van der Waals surface area contributed by atoms with Gasteiger partial charge < -0.3 is 14.7 Å². The number of aliphatic carboxylic acids is 1. The lowest BCUT2D eigenvalue weighted by Gasteiger charge is -2.39. The van der Waals surface area contributed by atoms with Gasteiger partial charge in [-0.3, -0.25) is 4.79 Å². The molecule has 4 heteroatoms. The van der Waals surface area contributed by atoms with Crippen molar-refractivity contribution in [2.75, 3.05) is 25.6 Å². The van der Waals surface area contributed by atoms with Gasteiger partial charge in [-0.05, 0) is 43.7 Å². The molecule has 1 aliphatic rings. The summed E-state index contributed by atoms with van der Waals surface area (Å²) in [7, 11) is 3.59. The molecule has 4 nitrogen and oxygen atoms in total. The average Bonchev–Trinajstić information content (AvgIpc) is 2.49. The highest BCUT2D eigenvalue weighted by Crippen LogP contribution is 2.41. The molecular weight excluding hydrogens is 266 g/mol. The summed E-state index contributed by atoms with van der Waals surface area (Å²) in [5.74, 6) is 0.745. The van der Waals surface area contributed by atoms with Crippen molar-refractivity contribution in [3.63, 3.8) is 0 Å². The second-order valence-corrected chi connectivity index (χ2v) is 6.30. The van der Waals surface area contributed by atoms with Crippen LogP contribution < -0.4 is 9.64 Å². The molecule has 1 saturated carbocycles. The number of anilines is 1. The number of hydrogen-bond acceptors (Lipinski definition) is 3. The molecule has 0 bridgehead atoms. The molecule has 1 fully saturated rings. The van der Waals surface area contributed by atoms with Crippen LogP contribution >= 0.6 is 0 Å². The Bertz CT molecular complexity index is 493. The SMILES string of the molecule is COc1ccccc1N(C)CC1(C(=O)O)CCC(C)CC1. The van der Waals surface area contributed by atoms with Crippen molar-refractivity contribution in [3.05, 3.63) is 24.3 Å². The van der Waals surface area contributed by atoms with Crippen LogP contribution in [0.1, 0.15) is 32.6 Å². The van der Waals surface area contributed by atoms with Gasteiger partial charge in [0.15, 0.2) is 0 Å². The maximum absolute atomic E-state index is 11.8. The van der Waals surface area contributed by atoms with Gasteiger partial charge in [-0.15, -0.1) is 0 Å². The topological polar surface area (TPSA) is 49.8 Å². The van der Waals surface area contributed by atoms with E-state index >= 15 is 0 Å². The minimum atomic E-state index is -0.670. The number of carbonyl (C=O) groups is 1. The van der Waals surface area contributed by atoms with Crippen LogP contribution in [0.4, 0.5) is 5.69 Å². The van der Waals surface area contributed by atoms with Gasteiger partial charge in [-0.2, -0.15) is 0 Å². The molecule has 0 amide bonds. The summed E-state index contributed by atoms with van der Waals surface area (Å²) in [5, 5.41) is 9.74. The first-order chi connectivity index (χ1) is 9.98. The fraction of sp³-hybridized carbons (Fsp3) is 0.588. The van der Waals surface area contributed by atoms with Crippen LogP contribution in [0.3, 0.4) is 0 Å². The van der Waals surface area contributed by atoms with Gasteiger partial charge in [0.1, 0.15) is 5.75 Å². The molecule has 0 unspecified atom stereocenters. The Balaban J connectivity index is 2.19. The Morgan fingerprint density at radius 3 is 2.57 bits per heavy atom. The molecule has 0 aliphatic heterocycles. The van der Waals surface area contributed by atoms with E-state index in [4.69, 9.17) is 4.74 Å². The minimum absolute atomic E-state index is 0.523. The lowest BCUT2D eigenvalue weighted by molar-refractivity contribution is -0.150. The largest absolute Gasteiger partial charge is 0.495 e. The lowest BCUT2D eigenvalue weighted by Crippen LogP contribution is -2.44. The van der Waals surface area contributed by atoms with Gasteiger partial charge in [0.05, 0.1) is 18.2 Å². The fourth-order valence-electron chi connectivity index (χ4n) is 3.24. The summed E-state index contributed by atoms with van der Waals surface area (Å²) >= 11 is 0. The van der Waals surface area contributed by atoms with Crippen LogP contribution in [0.25, 0.3) is 0 Å². The van der Waals surface area contributed by atoms with E-state index in [1.54, 1.807) is 7.11 Å². The third kappa shape index (κ3) is 3.31. The molecule has 0 radical (unpaired) electrons. The van der Waals surface area contributed by atoms with Crippen molar-refractivity contribution >= 4 is 11.7 Å². The van der Waals surface area contributed by atoms with Crippen molar-refractivity contribution in [2.45, 2.75) is 32.6 Å². The first-order valence-corrected chi connectivity index (χ1v) is 7.56. The number of ether oxygens (including phenoxy) is 1. The molecule has 1 N–H and O–H groups in total. The number of hydrogen-bond donors (Lipinski definition) is 1. The maximum Gasteiger partial charge on any atom is 0.311 e. The molecule has 2 rings (SSSR count). The van der Waals surface area contributed by atoms with E-state index in [1.807, 2.05) is 36.2 Å². The fourth-order valence-corrected chi connectivity index (χ4v) is 3.24. The molecule has 116 valence electrons. The summed E-state index contributed by atoms with van der Waals surface area (Å²) in [6.45, 7) is 2.73. The van der Waals surface area contributed by atoms with E-state index < -0.39 is 11.4 Å².